The fourth-order valence-corrected chi connectivity index (χ4v) is 4.18. The summed E-state index contributed by atoms with van der Waals surface area (Å²) < 4.78 is 27.3. The van der Waals surface area contributed by atoms with Crippen LogP contribution in [0, 0.1) is 6.92 Å². The molecule has 0 amide bonds. The standard InChI is InChI=1S/C15H19NO3S2/c1-10-5-8-14(20-10)21(18,19)16-12-9-11(15(2,3)4)6-7-13(12)17/h5-9,16-17H,1-4H3. The molecule has 0 unspecified atom stereocenters. The maximum absolute atomic E-state index is 12.3. The molecule has 0 spiro atoms. The molecular weight excluding hydrogens is 306 g/mol. The lowest BCUT2D eigenvalue weighted by Crippen LogP contribution is -2.14. The molecule has 0 radical (unpaired) electrons. The Morgan fingerprint density at radius 2 is 1.81 bits per heavy atom. The number of thiophene rings is 1. The fourth-order valence-electron chi connectivity index (χ4n) is 1.84. The Hall–Kier alpha value is -1.53. The predicted octanol–water partition coefficient (Wildman–Crippen LogP) is 3.86. The van der Waals surface area contributed by atoms with Gasteiger partial charge in [0, 0.05) is 4.88 Å². The number of aryl methyl sites for hydroxylation is 1. The molecule has 6 heteroatoms. The normalized spacial score (nSPS) is 12.4. The summed E-state index contributed by atoms with van der Waals surface area (Å²) in [6.45, 7) is 7.93. The number of aromatic hydroxyl groups is 1. The molecule has 0 fully saturated rings. The first-order valence-corrected chi connectivity index (χ1v) is 8.82. The summed E-state index contributed by atoms with van der Waals surface area (Å²) in [4.78, 5) is 0.919. The average Bonchev–Trinajstić information content (AvgIpc) is 2.78. The van der Waals surface area contributed by atoms with Crippen LogP contribution < -0.4 is 4.72 Å². The number of anilines is 1. The number of hydrogen-bond donors (Lipinski definition) is 2. The predicted molar refractivity (Wildman–Crippen MR) is 86.7 cm³/mol. The van der Waals surface area contributed by atoms with Gasteiger partial charge in [0.15, 0.2) is 0 Å². The van der Waals surface area contributed by atoms with Crippen LogP contribution in [0.25, 0.3) is 0 Å². The molecule has 0 bridgehead atoms. The van der Waals surface area contributed by atoms with E-state index >= 15 is 0 Å². The number of phenolic OH excluding ortho intramolecular Hbond substituents is 1. The van der Waals surface area contributed by atoms with Crippen molar-refractivity contribution in [3.05, 3.63) is 40.8 Å². The summed E-state index contributed by atoms with van der Waals surface area (Å²) in [6.07, 6.45) is 0. The van der Waals surface area contributed by atoms with Crippen LogP contribution >= 0.6 is 11.3 Å². The summed E-state index contributed by atoms with van der Waals surface area (Å²) in [5, 5.41) is 9.89. The number of hydrogen-bond acceptors (Lipinski definition) is 4. The number of nitrogens with one attached hydrogen (secondary N) is 1. The summed E-state index contributed by atoms with van der Waals surface area (Å²) in [7, 11) is -3.67. The molecule has 2 N–H and O–H groups in total. The number of benzene rings is 1. The highest BCUT2D eigenvalue weighted by Gasteiger charge is 2.20. The second-order valence-electron chi connectivity index (χ2n) is 5.95. The highest BCUT2D eigenvalue weighted by molar-refractivity contribution is 7.94. The molecule has 0 aliphatic rings. The van der Waals surface area contributed by atoms with Crippen LogP contribution in [0.5, 0.6) is 5.75 Å². The zero-order valence-corrected chi connectivity index (χ0v) is 14.1. The fraction of sp³-hybridized carbons (Fsp3) is 0.333. The first-order chi connectivity index (χ1) is 9.59. The van der Waals surface area contributed by atoms with E-state index in [2.05, 4.69) is 4.72 Å². The van der Waals surface area contributed by atoms with Gasteiger partial charge in [-0.2, -0.15) is 0 Å². The maximum atomic E-state index is 12.3. The molecule has 2 rings (SSSR count). The molecule has 1 aromatic carbocycles. The molecule has 0 aliphatic heterocycles. The van der Waals surface area contributed by atoms with Gasteiger partial charge in [-0.3, -0.25) is 4.72 Å². The minimum Gasteiger partial charge on any atom is -0.506 e. The van der Waals surface area contributed by atoms with Gasteiger partial charge in [0.05, 0.1) is 5.69 Å². The second kappa shape index (κ2) is 5.35. The summed E-state index contributed by atoms with van der Waals surface area (Å²) in [5.41, 5.74) is 1.02. The van der Waals surface area contributed by atoms with Gasteiger partial charge >= 0.3 is 0 Å². The quantitative estimate of drug-likeness (QED) is 0.842. The van der Waals surface area contributed by atoms with Crippen LogP contribution in [0.4, 0.5) is 5.69 Å². The van der Waals surface area contributed by atoms with Crippen molar-refractivity contribution >= 4 is 27.0 Å². The van der Waals surface area contributed by atoms with E-state index in [0.717, 1.165) is 10.4 Å². The average molecular weight is 325 g/mol. The molecule has 1 aromatic heterocycles. The highest BCUT2D eigenvalue weighted by atomic mass is 32.2. The smallest absolute Gasteiger partial charge is 0.271 e. The third kappa shape index (κ3) is 3.57. The lowest BCUT2D eigenvalue weighted by Gasteiger charge is -2.20. The van der Waals surface area contributed by atoms with Gasteiger partial charge in [-0.1, -0.05) is 26.8 Å². The number of rotatable bonds is 3. The number of sulfonamides is 1. The lowest BCUT2D eigenvalue weighted by atomic mass is 9.87. The second-order valence-corrected chi connectivity index (χ2v) is 9.15. The van der Waals surface area contributed by atoms with Crippen LogP contribution in [-0.4, -0.2) is 13.5 Å². The highest BCUT2D eigenvalue weighted by Crippen LogP contribution is 2.33. The van der Waals surface area contributed by atoms with Crippen LogP contribution in [0.15, 0.2) is 34.5 Å². The van der Waals surface area contributed by atoms with E-state index in [1.54, 1.807) is 24.3 Å². The van der Waals surface area contributed by atoms with Crippen LogP contribution in [0.3, 0.4) is 0 Å². The topological polar surface area (TPSA) is 66.4 Å². The van der Waals surface area contributed by atoms with Crippen LogP contribution in [0.1, 0.15) is 31.2 Å². The van der Waals surface area contributed by atoms with Crippen molar-refractivity contribution in [3.8, 4) is 5.75 Å². The molecular formula is C15H19NO3S2. The molecule has 0 aliphatic carbocycles. The van der Waals surface area contributed by atoms with Gasteiger partial charge in [-0.05, 0) is 42.2 Å². The summed E-state index contributed by atoms with van der Waals surface area (Å²) in [5.74, 6) is -0.0835. The molecule has 1 heterocycles. The maximum Gasteiger partial charge on any atom is 0.271 e. The Labute approximate surface area is 129 Å². The summed E-state index contributed by atoms with van der Waals surface area (Å²) in [6, 6.07) is 8.30. The first-order valence-electron chi connectivity index (χ1n) is 6.52. The van der Waals surface area contributed by atoms with Crippen molar-refractivity contribution in [3.63, 3.8) is 0 Å². The van der Waals surface area contributed by atoms with Crippen molar-refractivity contribution in [1.29, 1.82) is 0 Å². The van der Waals surface area contributed by atoms with E-state index in [9.17, 15) is 13.5 Å². The van der Waals surface area contributed by atoms with Crippen molar-refractivity contribution in [2.45, 2.75) is 37.3 Å². The molecule has 0 saturated carbocycles. The van der Waals surface area contributed by atoms with Crippen molar-refractivity contribution in [1.82, 2.24) is 0 Å². The van der Waals surface area contributed by atoms with Gasteiger partial charge < -0.3 is 5.11 Å². The zero-order valence-electron chi connectivity index (χ0n) is 12.5. The van der Waals surface area contributed by atoms with Crippen molar-refractivity contribution < 1.29 is 13.5 Å². The van der Waals surface area contributed by atoms with E-state index in [4.69, 9.17) is 0 Å². The van der Waals surface area contributed by atoms with Crippen LogP contribution in [0.2, 0.25) is 0 Å². The molecule has 2 aromatic rings. The molecule has 114 valence electrons. The Balaban J connectivity index is 2.39. The molecule has 0 saturated heterocycles. The Kier molecular flexibility index (Phi) is 4.04. The van der Waals surface area contributed by atoms with Gasteiger partial charge in [0.2, 0.25) is 0 Å². The number of phenols is 1. The third-order valence-electron chi connectivity index (χ3n) is 3.09. The van der Waals surface area contributed by atoms with Gasteiger partial charge in [0.25, 0.3) is 10.0 Å². The van der Waals surface area contributed by atoms with E-state index in [1.807, 2.05) is 27.7 Å². The lowest BCUT2D eigenvalue weighted by molar-refractivity contribution is 0.476. The van der Waals surface area contributed by atoms with E-state index < -0.39 is 10.0 Å². The molecule has 0 atom stereocenters. The third-order valence-corrected chi connectivity index (χ3v) is 5.95. The van der Waals surface area contributed by atoms with Crippen molar-refractivity contribution in [2.75, 3.05) is 4.72 Å². The Morgan fingerprint density at radius 1 is 1.14 bits per heavy atom. The van der Waals surface area contributed by atoms with E-state index in [-0.39, 0.29) is 21.1 Å². The van der Waals surface area contributed by atoms with E-state index in [1.165, 1.54) is 17.4 Å². The molecule has 21 heavy (non-hydrogen) atoms. The summed E-state index contributed by atoms with van der Waals surface area (Å²) >= 11 is 1.20. The molecule has 4 nitrogen and oxygen atoms in total. The van der Waals surface area contributed by atoms with Gasteiger partial charge in [0.1, 0.15) is 9.96 Å². The monoisotopic (exact) mass is 325 g/mol. The van der Waals surface area contributed by atoms with Crippen LogP contribution in [-0.2, 0) is 15.4 Å². The zero-order chi connectivity index (χ0) is 15.8. The Morgan fingerprint density at radius 3 is 2.33 bits per heavy atom. The van der Waals surface area contributed by atoms with Gasteiger partial charge in [-0.25, -0.2) is 8.42 Å². The largest absolute Gasteiger partial charge is 0.506 e. The van der Waals surface area contributed by atoms with E-state index in [0.29, 0.717) is 0 Å². The van der Waals surface area contributed by atoms with Crippen molar-refractivity contribution in [2.24, 2.45) is 0 Å². The SMILES string of the molecule is Cc1ccc(S(=O)(=O)Nc2cc(C(C)(C)C)ccc2O)s1. The minimum absolute atomic E-state index is 0.0835. The minimum atomic E-state index is -3.67. The Bertz CT molecular complexity index is 755. The van der Waals surface area contributed by atoms with Gasteiger partial charge in [-0.15, -0.1) is 11.3 Å². The first kappa shape index (κ1) is 15.9.